The van der Waals surface area contributed by atoms with E-state index >= 15 is 0 Å². The van der Waals surface area contributed by atoms with Gasteiger partial charge in [-0.3, -0.25) is 0 Å². The summed E-state index contributed by atoms with van der Waals surface area (Å²) in [4.78, 5) is 12.9. The molecule has 2 heterocycles. The van der Waals surface area contributed by atoms with Gasteiger partial charge in [0.05, 0.1) is 6.04 Å². The molecule has 1 N–H and O–H groups in total. The fourth-order valence-electron chi connectivity index (χ4n) is 2.46. The molecular formula is C20H16FN5O2. The molecular weight excluding hydrogens is 361 g/mol. The Labute approximate surface area is 160 Å². The van der Waals surface area contributed by atoms with Crippen molar-refractivity contribution in [2.75, 3.05) is 5.32 Å². The molecule has 140 valence electrons. The molecule has 28 heavy (non-hydrogen) atoms. The van der Waals surface area contributed by atoms with Crippen molar-refractivity contribution >= 4 is 5.95 Å². The number of nitrogens with one attached hydrogen (secondary N) is 1. The summed E-state index contributed by atoms with van der Waals surface area (Å²) in [7, 11) is 0. The number of aromatic nitrogens is 4. The van der Waals surface area contributed by atoms with E-state index in [9.17, 15) is 4.39 Å². The minimum absolute atomic E-state index is 0.290. The van der Waals surface area contributed by atoms with Gasteiger partial charge >= 0.3 is 0 Å². The second kappa shape index (κ2) is 7.83. The Bertz CT molecular complexity index is 1050. The highest BCUT2D eigenvalue weighted by atomic mass is 19.1. The van der Waals surface area contributed by atoms with Crippen LogP contribution in [0.5, 0.6) is 11.6 Å². The summed E-state index contributed by atoms with van der Waals surface area (Å²) in [6.07, 6.45) is 1.56. The summed E-state index contributed by atoms with van der Waals surface area (Å²) in [5, 5.41) is 7.13. The highest BCUT2D eigenvalue weighted by Gasteiger charge is 2.16. The van der Waals surface area contributed by atoms with Crippen molar-refractivity contribution in [2.45, 2.75) is 13.0 Å². The number of hydrogen-bond donors (Lipinski definition) is 1. The summed E-state index contributed by atoms with van der Waals surface area (Å²) in [6.45, 7) is 1.87. The maximum absolute atomic E-state index is 13.0. The lowest BCUT2D eigenvalue weighted by atomic mass is 10.2. The summed E-state index contributed by atoms with van der Waals surface area (Å²) in [5.41, 5.74) is 0.847. The molecule has 8 heteroatoms. The van der Waals surface area contributed by atoms with Crippen LogP contribution in [0.1, 0.15) is 18.8 Å². The Balaban J connectivity index is 1.45. The van der Waals surface area contributed by atoms with E-state index in [1.165, 1.54) is 24.3 Å². The Kier molecular flexibility index (Phi) is 4.92. The van der Waals surface area contributed by atoms with Crippen molar-refractivity contribution in [2.24, 2.45) is 0 Å². The van der Waals surface area contributed by atoms with Gasteiger partial charge in [0.15, 0.2) is 5.82 Å². The lowest BCUT2D eigenvalue weighted by molar-refractivity contribution is 0.419. The quantitative estimate of drug-likeness (QED) is 0.524. The predicted octanol–water partition coefficient (Wildman–Crippen LogP) is 4.63. The number of ether oxygens (including phenoxy) is 1. The van der Waals surface area contributed by atoms with Crippen LogP contribution in [-0.2, 0) is 0 Å². The highest BCUT2D eigenvalue weighted by molar-refractivity contribution is 5.52. The SMILES string of the molecule is CC(Nc1nccc(Oc2ccc(F)cc2)n1)c1noc(-c2ccccc2)n1. The number of rotatable bonds is 6. The number of hydrogen-bond acceptors (Lipinski definition) is 7. The van der Waals surface area contributed by atoms with Crippen LogP contribution in [-0.4, -0.2) is 20.1 Å². The van der Waals surface area contributed by atoms with Crippen molar-refractivity contribution in [3.8, 4) is 23.1 Å². The van der Waals surface area contributed by atoms with E-state index in [4.69, 9.17) is 9.26 Å². The zero-order chi connectivity index (χ0) is 19.3. The van der Waals surface area contributed by atoms with Gasteiger partial charge in [-0.2, -0.15) is 9.97 Å². The number of benzene rings is 2. The molecule has 1 atom stereocenters. The first-order valence-electron chi connectivity index (χ1n) is 8.59. The minimum atomic E-state index is -0.332. The fourth-order valence-corrected chi connectivity index (χ4v) is 2.46. The van der Waals surface area contributed by atoms with Crippen LogP contribution in [0.2, 0.25) is 0 Å². The molecule has 0 bridgehead atoms. The van der Waals surface area contributed by atoms with Crippen LogP contribution in [0.25, 0.3) is 11.5 Å². The number of anilines is 1. The second-order valence-corrected chi connectivity index (χ2v) is 5.96. The molecule has 0 radical (unpaired) electrons. The van der Waals surface area contributed by atoms with Crippen LogP contribution in [0.4, 0.5) is 10.3 Å². The van der Waals surface area contributed by atoms with Crippen molar-refractivity contribution in [1.29, 1.82) is 0 Å². The zero-order valence-electron chi connectivity index (χ0n) is 14.9. The monoisotopic (exact) mass is 377 g/mol. The molecule has 4 rings (SSSR count). The molecule has 0 saturated carbocycles. The molecule has 0 fully saturated rings. The van der Waals surface area contributed by atoms with Gasteiger partial charge in [0, 0.05) is 17.8 Å². The van der Waals surface area contributed by atoms with Crippen LogP contribution in [0, 0.1) is 5.82 Å². The third-order valence-electron chi connectivity index (χ3n) is 3.86. The van der Waals surface area contributed by atoms with Crippen LogP contribution >= 0.6 is 0 Å². The van der Waals surface area contributed by atoms with E-state index in [1.54, 1.807) is 12.3 Å². The molecule has 0 aliphatic carbocycles. The van der Waals surface area contributed by atoms with Crippen molar-refractivity contribution < 1.29 is 13.7 Å². The molecule has 2 aromatic carbocycles. The fraction of sp³-hybridized carbons (Fsp3) is 0.100. The Morgan fingerprint density at radius 1 is 1.00 bits per heavy atom. The molecule has 0 aliphatic heterocycles. The van der Waals surface area contributed by atoms with E-state index in [0.29, 0.717) is 29.3 Å². The zero-order valence-corrected chi connectivity index (χ0v) is 14.9. The smallest absolute Gasteiger partial charge is 0.257 e. The van der Waals surface area contributed by atoms with Gasteiger partial charge in [-0.25, -0.2) is 9.37 Å². The maximum atomic E-state index is 13.0. The van der Waals surface area contributed by atoms with Gasteiger partial charge in [0.2, 0.25) is 11.8 Å². The molecule has 1 unspecified atom stereocenters. The molecule has 0 saturated heterocycles. The van der Waals surface area contributed by atoms with Crippen LogP contribution in [0.3, 0.4) is 0 Å². The second-order valence-electron chi connectivity index (χ2n) is 5.96. The van der Waals surface area contributed by atoms with Crippen molar-refractivity contribution in [1.82, 2.24) is 20.1 Å². The topological polar surface area (TPSA) is 86.0 Å². The maximum Gasteiger partial charge on any atom is 0.257 e. The van der Waals surface area contributed by atoms with E-state index in [-0.39, 0.29) is 11.9 Å². The van der Waals surface area contributed by atoms with E-state index in [2.05, 4.69) is 25.4 Å². The lowest BCUT2D eigenvalue weighted by Gasteiger charge is -2.11. The largest absolute Gasteiger partial charge is 0.439 e. The van der Waals surface area contributed by atoms with Gasteiger partial charge in [-0.05, 0) is 43.3 Å². The minimum Gasteiger partial charge on any atom is -0.439 e. The molecule has 0 spiro atoms. The summed E-state index contributed by atoms with van der Waals surface area (Å²) in [6, 6.07) is 16.5. The van der Waals surface area contributed by atoms with E-state index < -0.39 is 0 Å². The summed E-state index contributed by atoms with van der Waals surface area (Å²) in [5.74, 6) is 1.74. The van der Waals surface area contributed by atoms with E-state index in [0.717, 1.165) is 5.56 Å². The molecule has 2 aromatic heterocycles. The lowest BCUT2D eigenvalue weighted by Crippen LogP contribution is -2.11. The van der Waals surface area contributed by atoms with Gasteiger partial charge in [0.25, 0.3) is 5.89 Å². The van der Waals surface area contributed by atoms with E-state index in [1.807, 2.05) is 37.3 Å². The molecule has 4 aromatic rings. The number of halogens is 1. The standard InChI is InChI=1S/C20H16FN5O2/c1-13(18-25-19(28-26-18)14-5-3-2-4-6-14)23-20-22-12-11-17(24-20)27-16-9-7-15(21)8-10-16/h2-13H,1H3,(H,22,23,24). The van der Waals surface area contributed by atoms with Crippen LogP contribution < -0.4 is 10.1 Å². The average molecular weight is 377 g/mol. The number of nitrogens with zero attached hydrogens (tertiary/aromatic N) is 4. The molecule has 7 nitrogen and oxygen atoms in total. The van der Waals surface area contributed by atoms with Crippen molar-refractivity contribution in [3.05, 3.63) is 78.5 Å². The third-order valence-corrected chi connectivity index (χ3v) is 3.86. The third kappa shape index (κ3) is 4.12. The first kappa shape index (κ1) is 17.6. The van der Waals surface area contributed by atoms with Crippen LogP contribution in [0.15, 0.2) is 71.4 Å². The van der Waals surface area contributed by atoms with Gasteiger partial charge in [-0.15, -0.1) is 0 Å². The highest BCUT2D eigenvalue weighted by Crippen LogP contribution is 2.23. The average Bonchev–Trinajstić information content (AvgIpc) is 3.21. The first-order chi connectivity index (χ1) is 13.7. The van der Waals surface area contributed by atoms with Crippen molar-refractivity contribution in [3.63, 3.8) is 0 Å². The normalized spacial score (nSPS) is 11.8. The van der Waals surface area contributed by atoms with Gasteiger partial charge < -0.3 is 14.6 Å². The summed E-state index contributed by atoms with van der Waals surface area (Å²) >= 11 is 0. The van der Waals surface area contributed by atoms with Gasteiger partial charge in [-0.1, -0.05) is 23.4 Å². The molecule has 0 amide bonds. The Morgan fingerprint density at radius 3 is 2.57 bits per heavy atom. The Hall–Kier alpha value is -3.81. The predicted molar refractivity (Wildman–Crippen MR) is 100 cm³/mol. The summed E-state index contributed by atoms with van der Waals surface area (Å²) < 4.78 is 23.9. The Morgan fingerprint density at radius 2 is 1.79 bits per heavy atom. The molecule has 0 aliphatic rings. The van der Waals surface area contributed by atoms with Gasteiger partial charge in [0.1, 0.15) is 11.6 Å². The first-order valence-corrected chi connectivity index (χ1v) is 8.59.